The molecular weight excluding hydrogens is 246 g/mol. The Kier molecular flexibility index (Phi) is 4.78. The van der Waals surface area contributed by atoms with Crippen molar-refractivity contribution in [2.24, 2.45) is 0 Å². The predicted octanol–water partition coefficient (Wildman–Crippen LogP) is 2.78. The van der Waals surface area contributed by atoms with Crippen LogP contribution in [0.15, 0.2) is 6.07 Å². The summed E-state index contributed by atoms with van der Waals surface area (Å²) in [7, 11) is 1.65. The fourth-order valence-electron chi connectivity index (χ4n) is 2.37. The van der Waals surface area contributed by atoms with Crippen molar-refractivity contribution in [1.29, 1.82) is 0 Å². The summed E-state index contributed by atoms with van der Waals surface area (Å²) in [5.41, 5.74) is 1.39. The first-order valence-corrected chi connectivity index (χ1v) is 7.43. The third-order valence-electron chi connectivity index (χ3n) is 3.26. The quantitative estimate of drug-likeness (QED) is 0.852. The largest absolute Gasteiger partial charge is 0.383 e. The molecule has 1 aliphatic rings. The maximum Gasteiger partial charge on any atom is 0.261 e. The average Bonchev–Trinajstić information content (AvgIpc) is 2.61. The van der Waals surface area contributed by atoms with Crippen LogP contribution >= 0.6 is 11.3 Å². The van der Waals surface area contributed by atoms with Crippen molar-refractivity contribution in [2.75, 3.05) is 13.7 Å². The van der Waals surface area contributed by atoms with E-state index in [4.69, 9.17) is 4.74 Å². The number of amides is 1. The number of hydrogen-bond donors (Lipinski definition) is 1. The van der Waals surface area contributed by atoms with E-state index in [9.17, 15) is 4.79 Å². The third-order valence-corrected chi connectivity index (χ3v) is 4.50. The van der Waals surface area contributed by atoms with Gasteiger partial charge in [0.05, 0.1) is 11.5 Å². The van der Waals surface area contributed by atoms with Gasteiger partial charge >= 0.3 is 0 Å². The van der Waals surface area contributed by atoms with Crippen molar-refractivity contribution in [3.05, 3.63) is 21.4 Å². The van der Waals surface area contributed by atoms with E-state index >= 15 is 0 Å². The zero-order chi connectivity index (χ0) is 13.0. The first kappa shape index (κ1) is 13.6. The van der Waals surface area contributed by atoms with Gasteiger partial charge in [0.2, 0.25) is 0 Å². The number of ether oxygens (including phenoxy) is 1. The van der Waals surface area contributed by atoms with Crippen LogP contribution in [0.4, 0.5) is 0 Å². The molecular formula is C14H21NO2S. The monoisotopic (exact) mass is 267 g/mol. The SMILES string of the molecule is COCC(C)NC(=O)c1cc2c(s1)CCCCC2. The molecule has 18 heavy (non-hydrogen) atoms. The summed E-state index contributed by atoms with van der Waals surface area (Å²) < 4.78 is 5.03. The third kappa shape index (κ3) is 3.33. The Hall–Kier alpha value is -0.870. The van der Waals surface area contributed by atoms with Gasteiger partial charge < -0.3 is 10.1 Å². The van der Waals surface area contributed by atoms with Gasteiger partial charge in [-0.1, -0.05) is 6.42 Å². The zero-order valence-electron chi connectivity index (χ0n) is 11.1. The van der Waals surface area contributed by atoms with Crippen LogP contribution in [0.1, 0.15) is 46.3 Å². The molecule has 0 fully saturated rings. The average molecular weight is 267 g/mol. The molecule has 0 bridgehead atoms. The maximum absolute atomic E-state index is 12.1. The van der Waals surface area contributed by atoms with Crippen molar-refractivity contribution in [2.45, 2.75) is 45.1 Å². The highest BCUT2D eigenvalue weighted by atomic mass is 32.1. The first-order valence-electron chi connectivity index (χ1n) is 6.62. The van der Waals surface area contributed by atoms with Crippen molar-refractivity contribution < 1.29 is 9.53 Å². The lowest BCUT2D eigenvalue weighted by Crippen LogP contribution is -2.35. The molecule has 100 valence electrons. The number of nitrogens with one attached hydrogen (secondary N) is 1. The Balaban J connectivity index is 2.02. The molecule has 0 radical (unpaired) electrons. The van der Waals surface area contributed by atoms with E-state index in [0.717, 1.165) is 17.7 Å². The molecule has 1 aliphatic carbocycles. The molecule has 1 unspecified atom stereocenters. The molecule has 1 atom stereocenters. The molecule has 1 aromatic rings. The number of carbonyl (C=O) groups excluding carboxylic acids is 1. The summed E-state index contributed by atoms with van der Waals surface area (Å²) in [5, 5.41) is 2.97. The van der Waals surface area contributed by atoms with Crippen molar-refractivity contribution in [3.63, 3.8) is 0 Å². The number of hydrogen-bond acceptors (Lipinski definition) is 3. The van der Waals surface area contributed by atoms with Gasteiger partial charge in [-0.2, -0.15) is 0 Å². The summed E-state index contributed by atoms with van der Waals surface area (Å²) in [6.45, 7) is 2.51. The van der Waals surface area contributed by atoms with Gasteiger partial charge in [-0.25, -0.2) is 0 Å². The Morgan fingerprint density at radius 3 is 3.00 bits per heavy atom. The lowest BCUT2D eigenvalue weighted by atomic mass is 10.1. The van der Waals surface area contributed by atoms with Crippen LogP contribution < -0.4 is 5.32 Å². The normalized spacial score (nSPS) is 16.8. The molecule has 1 heterocycles. The topological polar surface area (TPSA) is 38.3 Å². The summed E-state index contributed by atoms with van der Waals surface area (Å²) in [5.74, 6) is 0.0395. The Labute approximate surface area is 113 Å². The second-order valence-corrected chi connectivity index (χ2v) is 6.09. The van der Waals surface area contributed by atoms with Gasteiger partial charge in [0, 0.05) is 18.0 Å². The zero-order valence-corrected chi connectivity index (χ0v) is 11.9. The number of fused-ring (bicyclic) bond motifs is 1. The molecule has 1 aromatic heterocycles. The van der Waals surface area contributed by atoms with Crippen LogP contribution in [0, 0.1) is 0 Å². The molecule has 1 amide bonds. The van der Waals surface area contributed by atoms with E-state index in [1.165, 1.54) is 29.7 Å². The van der Waals surface area contributed by atoms with E-state index < -0.39 is 0 Å². The number of methoxy groups -OCH3 is 1. The van der Waals surface area contributed by atoms with Gasteiger partial charge in [0.15, 0.2) is 0 Å². The number of thiophene rings is 1. The molecule has 1 N–H and O–H groups in total. The highest BCUT2D eigenvalue weighted by Gasteiger charge is 2.17. The summed E-state index contributed by atoms with van der Waals surface area (Å²) >= 11 is 1.66. The van der Waals surface area contributed by atoms with E-state index in [0.29, 0.717) is 6.61 Å². The minimum Gasteiger partial charge on any atom is -0.383 e. The fourth-order valence-corrected chi connectivity index (χ4v) is 3.52. The van der Waals surface area contributed by atoms with Crippen LogP contribution in [-0.2, 0) is 17.6 Å². The number of rotatable bonds is 4. The lowest BCUT2D eigenvalue weighted by Gasteiger charge is -2.11. The standard InChI is InChI=1S/C14H21NO2S/c1-10(9-17-2)15-14(16)13-8-11-6-4-3-5-7-12(11)18-13/h8,10H,3-7,9H2,1-2H3,(H,15,16). The summed E-state index contributed by atoms with van der Waals surface area (Å²) in [4.78, 5) is 14.3. The van der Waals surface area contributed by atoms with Crippen molar-refractivity contribution in [3.8, 4) is 0 Å². The molecule has 3 nitrogen and oxygen atoms in total. The van der Waals surface area contributed by atoms with E-state index in [1.54, 1.807) is 18.4 Å². The van der Waals surface area contributed by atoms with Gasteiger partial charge in [-0.3, -0.25) is 4.79 Å². The number of carbonyl (C=O) groups is 1. The second-order valence-electron chi connectivity index (χ2n) is 4.95. The molecule has 0 saturated carbocycles. The minimum absolute atomic E-state index is 0.0395. The van der Waals surface area contributed by atoms with Crippen molar-refractivity contribution >= 4 is 17.2 Å². The van der Waals surface area contributed by atoms with Crippen molar-refractivity contribution in [1.82, 2.24) is 5.32 Å². The van der Waals surface area contributed by atoms with Crippen LogP contribution in [0.5, 0.6) is 0 Å². The van der Waals surface area contributed by atoms with Gasteiger partial charge in [-0.15, -0.1) is 11.3 Å². The predicted molar refractivity (Wildman–Crippen MR) is 74.4 cm³/mol. The van der Waals surface area contributed by atoms with Crippen LogP contribution in [0.3, 0.4) is 0 Å². The molecule has 0 saturated heterocycles. The molecule has 0 aromatic carbocycles. The van der Waals surface area contributed by atoms with Gasteiger partial charge in [0.1, 0.15) is 0 Å². The molecule has 4 heteroatoms. The first-order chi connectivity index (χ1) is 8.70. The highest BCUT2D eigenvalue weighted by molar-refractivity contribution is 7.14. The van der Waals surface area contributed by atoms with E-state index in [-0.39, 0.29) is 11.9 Å². The Morgan fingerprint density at radius 2 is 2.22 bits per heavy atom. The summed E-state index contributed by atoms with van der Waals surface area (Å²) in [6, 6.07) is 2.14. The second kappa shape index (κ2) is 6.34. The fraction of sp³-hybridized carbons (Fsp3) is 0.643. The van der Waals surface area contributed by atoms with E-state index in [1.807, 2.05) is 6.92 Å². The van der Waals surface area contributed by atoms with E-state index in [2.05, 4.69) is 11.4 Å². The van der Waals surface area contributed by atoms with Crippen LogP contribution in [0.25, 0.3) is 0 Å². The van der Waals surface area contributed by atoms with Gasteiger partial charge in [-0.05, 0) is 44.2 Å². The maximum atomic E-state index is 12.1. The summed E-state index contributed by atoms with van der Waals surface area (Å²) in [6.07, 6.45) is 6.10. The Morgan fingerprint density at radius 1 is 1.44 bits per heavy atom. The molecule has 2 rings (SSSR count). The Bertz CT molecular complexity index is 390. The highest BCUT2D eigenvalue weighted by Crippen LogP contribution is 2.28. The minimum atomic E-state index is 0.0395. The lowest BCUT2D eigenvalue weighted by molar-refractivity contribution is 0.0909. The van der Waals surface area contributed by atoms with Crippen LogP contribution in [0.2, 0.25) is 0 Å². The molecule has 0 aliphatic heterocycles. The number of aryl methyl sites for hydroxylation is 2. The molecule has 0 spiro atoms. The van der Waals surface area contributed by atoms with Gasteiger partial charge in [0.25, 0.3) is 5.91 Å². The smallest absolute Gasteiger partial charge is 0.261 e. The van der Waals surface area contributed by atoms with Crippen LogP contribution in [-0.4, -0.2) is 25.7 Å².